The zero-order valence-corrected chi connectivity index (χ0v) is 38.0. The molecular formula is C41H59ClF2N5O10S2+. The fraction of sp³-hybridized carbons (Fsp3) is 0.415. The zero-order chi connectivity index (χ0) is 45.6. The molecule has 1 heterocycles. The van der Waals surface area contributed by atoms with Gasteiger partial charge in [-0.15, -0.1) is 12.4 Å². The Bertz CT molecular complexity index is 2050. The largest absolute Gasteiger partial charge is 0.480 e. The summed E-state index contributed by atoms with van der Waals surface area (Å²) in [5.74, 6) is -1.37. The van der Waals surface area contributed by atoms with Crippen LogP contribution in [0.25, 0.3) is 0 Å². The van der Waals surface area contributed by atoms with E-state index in [-0.39, 0.29) is 42.8 Å². The van der Waals surface area contributed by atoms with E-state index in [4.69, 9.17) is 25.7 Å². The predicted octanol–water partition coefficient (Wildman–Crippen LogP) is 5.09. The van der Waals surface area contributed by atoms with E-state index in [1.54, 1.807) is 49.9 Å². The molecule has 20 heteroatoms. The summed E-state index contributed by atoms with van der Waals surface area (Å²) in [6.07, 6.45) is 2.62. The number of nitrogens with two attached hydrogens (primary N) is 2. The van der Waals surface area contributed by atoms with Crippen molar-refractivity contribution in [1.82, 2.24) is 8.69 Å². The number of carbonyl (C=O) groups is 3. The zero-order valence-electron chi connectivity index (χ0n) is 35.5. The van der Waals surface area contributed by atoms with Crippen LogP contribution < -0.4 is 20.8 Å². The maximum Gasteiger partial charge on any atom is 0.480 e. The van der Waals surface area contributed by atoms with Crippen LogP contribution in [0, 0.1) is 24.7 Å². The van der Waals surface area contributed by atoms with Gasteiger partial charge in [-0.25, -0.2) is 4.57 Å². The topological polar surface area (TPSA) is 220 Å². The Hall–Kier alpha value is -4.79. The molecule has 4 aromatic rings. The maximum absolute atomic E-state index is 12.6. The van der Waals surface area contributed by atoms with E-state index >= 15 is 0 Å². The molecule has 0 aliphatic rings. The summed E-state index contributed by atoms with van der Waals surface area (Å²) in [4.78, 5) is 34.5. The van der Waals surface area contributed by atoms with Gasteiger partial charge in [0.05, 0.1) is 7.05 Å². The Morgan fingerprint density at radius 1 is 0.639 bits per heavy atom. The minimum atomic E-state index is -4.95. The van der Waals surface area contributed by atoms with Crippen LogP contribution in [0.4, 0.5) is 7.77 Å². The van der Waals surface area contributed by atoms with Gasteiger partial charge in [-0.05, 0) is 34.4 Å². The number of benzene rings is 3. The fourth-order valence-electron chi connectivity index (χ4n) is 4.38. The lowest BCUT2D eigenvalue weighted by atomic mass is 10.1. The molecule has 0 unspecified atom stereocenters. The van der Waals surface area contributed by atoms with Gasteiger partial charge in [0, 0.05) is 6.92 Å². The molecule has 0 saturated carbocycles. The molecule has 0 amide bonds. The van der Waals surface area contributed by atoms with Gasteiger partial charge < -0.3 is 25.7 Å². The first-order valence-electron chi connectivity index (χ1n) is 18.8. The van der Waals surface area contributed by atoms with Gasteiger partial charge in [-0.3, -0.25) is 14.4 Å². The van der Waals surface area contributed by atoms with Crippen molar-refractivity contribution < 1.29 is 57.8 Å². The molecule has 1 aromatic heterocycles. The highest BCUT2D eigenvalue weighted by Gasteiger charge is 2.28. The SMILES string of the molecule is CC(C)[C@H](N)C(=O)OCc1ccccc1.CC(C)[C@H](N)C(=O)OCc1ccccc1.CC(C)[C@H](NS(=O)(=O)F)C(=O)OCc1ccccc1.Cc1n(S(=O)(=O)F)cc[n+]1C.Cl. The van der Waals surface area contributed by atoms with E-state index in [1.807, 2.05) is 94.4 Å². The molecule has 0 aliphatic heterocycles. The second-order valence-electron chi connectivity index (χ2n) is 14.3. The van der Waals surface area contributed by atoms with Crippen molar-refractivity contribution in [2.45, 2.75) is 86.4 Å². The van der Waals surface area contributed by atoms with Crippen molar-refractivity contribution in [2.24, 2.45) is 36.3 Å². The van der Waals surface area contributed by atoms with Gasteiger partial charge in [0.2, 0.25) is 0 Å². The van der Waals surface area contributed by atoms with Crippen molar-refractivity contribution in [3.8, 4) is 0 Å². The van der Waals surface area contributed by atoms with E-state index in [9.17, 15) is 39.0 Å². The van der Waals surface area contributed by atoms with Crippen LogP contribution in [0.15, 0.2) is 103 Å². The maximum atomic E-state index is 12.6. The second kappa shape index (κ2) is 27.9. The number of hydrogen-bond acceptors (Lipinski definition) is 12. The molecule has 0 spiro atoms. The number of ether oxygens (including phenoxy) is 3. The standard InChI is InChI=1S/C12H16FNO4S.2C12H17NO2.C5H8FN2O2S.ClH/c1-9(2)11(14-19(13,16)17)12(15)18-8-10-6-4-3-5-7-10;2*1-9(2)11(13)12(14)15-8-10-6-4-3-5-7-10;1-5-7(2)3-4-8(5)11(6,9)10;/h3-7,9,11,14H,8H2,1-2H3;2*3-7,9,11H,8,13H2,1-2H3;3-4H,1-2H3;1H/q;;;+1;/t3*11-;;/m000../s1. The van der Waals surface area contributed by atoms with Gasteiger partial charge in [-0.2, -0.15) is 21.6 Å². The van der Waals surface area contributed by atoms with Crippen LogP contribution in [-0.4, -0.2) is 56.8 Å². The third-order valence-electron chi connectivity index (χ3n) is 8.33. The van der Waals surface area contributed by atoms with Crippen molar-refractivity contribution >= 4 is 51.1 Å². The van der Waals surface area contributed by atoms with E-state index in [0.29, 0.717) is 23.0 Å². The molecule has 3 aromatic carbocycles. The van der Waals surface area contributed by atoms with Gasteiger partial charge in [0.15, 0.2) is 0 Å². The number of nitrogens with one attached hydrogen (secondary N) is 1. The molecule has 0 radical (unpaired) electrons. The first-order chi connectivity index (χ1) is 27.9. The minimum absolute atomic E-state index is 0. The lowest BCUT2D eigenvalue weighted by Crippen LogP contribution is -2.43. The summed E-state index contributed by atoms with van der Waals surface area (Å²) >= 11 is 0. The number of aromatic nitrogens is 2. The van der Waals surface area contributed by atoms with Gasteiger partial charge in [0.1, 0.15) is 50.3 Å². The fourth-order valence-corrected chi connectivity index (χ4v) is 5.70. The number of imidazole rings is 1. The van der Waals surface area contributed by atoms with E-state index in [1.165, 1.54) is 17.7 Å². The first-order valence-corrected chi connectivity index (χ1v) is 21.5. The van der Waals surface area contributed by atoms with Crippen LogP contribution in [-0.2, 0) is 76.3 Å². The summed E-state index contributed by atoms with van der Waals surface area (Å²) in [6.45, 7) is 12.9. The van der Waals surface area contributed by atoms with E-state index < -0.39 is 50.8 Å². The monoisotopic (exact) mass is 918 g/mol. The molecule has 0 fully saturated rings. The van der Waals surface area contributed by atoms with Crippen LogP contribution in [0.2, 0.25) is 0 Å². The quantitative estimate of drug-likeness (QED) is 0.0615. The minimum Gasteiger partial charge on any atom is -0.460 e. The number of hydrogen-bond donors (Lipinski definition) is 3. The molecule has 61 heavy (non-hydrogen) atoms. The number of aryl methyl sites for hydroxylation is 1. The normalized spacial score (nSPS) is 12.4. The summed E-state index contributed by atoms with van der Waals surface area (Å²) in [5.41, 5.74) is 14.0. The average Bonchev–Trinajstić information content (AvgIpc) is 3.55. The highest BCUT2D eigenvalue weighted by Crippen LogP contribution is 2.10. The van der Waals surface area contributed by atoms with Crippen molar-refractivity contribution in [1.29, 1.82) is 0 Å². The Morgan fingerprint density at radius 2 is 0.967 bits per heavy atom. The Kier molecular flexibility index (Phi) is 25.7. The average molecular weight is 920 g/mol. The Balaban J connectivity index is 0.000000795. The highest BCUT2D eigenvalue weighted by molar-refractivity contribution is 7.84. The first kappa shape index (κ1) is 56.2. The van der Waals surface area contributed by atoms with Crippen molar-refractivity contribution in [2.75, 3.05) is 0 Å². The number of carbonyl (C=O) groups excluding carboxylic acids is 3. The summed E-state index contributed by atoms with van der Waals surface area (Å²) in [5, 5.41) is 0. The van der Waals surface area contributed by atoms with Crippen LogP contribution in [0.5, 0.6) is 0 Å². The molecule has 5 N–H and O–H groups in total. The molecule has 0 bridgehead atoms. The smallest absolute Gasteiger partial charge is 0.460 e. The predicted molar refractivity (Wildman–Crippen MR) is 229 cm³/mol. The summed E-state index contributed by atoms with van der Waals surface area (Å²) in [6, 6.07) is 25.7. The van der Waals surface area contributed by atoms with Crippen LogP contribution in [0.1, 0.15) is 64.1 Å². The highest BCUT2D eigenvalue weighted by atomic mass is 35.5. The molecule has 0 aliphatic carbocycles. The lowest BCUT2D eigenvalue weighted by Gasteiger charge is -2.18. The number of nitrogens with zero attached hydrogens (tertiary/aromatic N) is 2. The Morgan fingerprint density at radius 3 is 1.20 bits per heavy atom. The molecule has 0 saturated heterocycles. The lowest BCUT2D eigenvalue weighted by molar-refractivity contribution is -0.676. The van der Waals surface area contributed by atoms with E-state index in [2.05, 4.69) is 0 Å². The van der Waals surface area contributed by atoms with Crippen molar-refractivity contribution in [3.63, 3.8) is 0 Å². The van der Waals surface area contributed by atoms with Gasteiger partial charge in [-0.1, -0.05) is 144 Å². The molecule has 4 rings (SSSR count). The second-order valence-corrected chi connectivity index (χ2v) is 16.6. The third kappa shape index (κ3) is 23.1. The summed E-state index contributed by atoms with van der Waals surface area (Å²) < 4.78 is 85.5. The molecule has 340 valence electrons. The molecular weight excluding hydrogens is 860 g/mol. The van der Waals surface area contributed by atoms with Gasteiger partial charge >= 0.3 is 38.7 Å². The molecule has 15 nitrogen and oxygen atoms in total. The van der Waals surface area contributed by atoms with Crippen molar-refractivity contribution in [3.05, 3.63) is 126 Å². The van der Waals surface area contributed by atoms with Gasteiger partial charge in [0.25, 0.3) is 5.82 Å². The Labute approximate surface area is 364 Å². The molecule has 3 atom stereocenters. The summed E-state index contributed by atoms with van der Waals surface area (Å²) in [7, 11) is -7.93. The number of halogens is 3. The number of rotatable bonds is 15. The number of esters is 3. The third-order valence-corrected chi connectivity index (χ3v) is 9.72. The van der Waals surface area contributed by atoms with E-state index in [0.717, 1.165) is 22.9 Å². The van der Waals surface area contributed by atoms with Crippen LogP contribution >= 0.6 is 12.4 Å². The van der Waals surface area contributed by atoms with Crippen LogP contribution in [0.3, 0.4) is 0 Å².